The van der Waals surface area contributed by atoms with Crippen molar-refractivity contribution in [2.75, 3.05) is 13.2 Å². The van der Waals surface area contributed by atoms with E-state index < -0.39 is 67.4 Å². The van der Waals surface area contributed by atoms with Crippen LogP contribution in [0.25, 0.3) is 0 Å². The maximum atomic E-state index is 13.4. The zero-order chi connectivity index (χ0) is 54.7. The van der Waals surface area contributed by atoms with E-state index in [1.54, 1.807) is 6.08 Å². The van der Waals surface area contributed by atoms with Crippen molar-refractivity contribution in [3.05, 3.63) is 72.9 Å². The topological polar surface area (TPSA) is 175 Å². The number of unbranched alkanes of at least 4 members (excludes halogenated alkanes) is 27. The molecule has 0 aromatic carbocycles. The van der Waals surface area contributed by atoms with E-state index in [4.69, 9.17) is 14.2 Å². The monoisotopic (exact) mass is 1060 g/mol. The first kappa shape index (κ1) is 70.1. The summed E-state index contributed by atoms with van der Waals surface area (Å²) in [5.41, 5.74) is 0. The van der Waals surface area contributed by atoms with Crippen LogP contribution < -0.4 is 5.32 Å². The second-order valence-electron chi connectivity index (χ2n) is 21.1. The van der Waals surface area contributed by atoms with E-state index in [1.807, 2.05) is 6.08 Å². The number of carbonyl (C=O) groups is 2. The number of aliphatic hydroxyl groups is 5. The third kappa shape index (κ3) is 40.0. The van der Waals surface area contributed by atoms with Crippen LogP contribution in [0, 0.1) is 0 Å². The van der Waals surface area contributed by atoms with E-state index >= 15 is 0 Å². The number of ether oxygens (including phenoxy) is 3. The lowest BCUT2D eigenvalue weighted by Crippen LogP contribution is -2.61. The molecular weight excluding hydrogens is 943 g/mol. The molecule has 434 valence electrons. The van der Waals surface area contributed by atoms with Crippen molar-refractivity contribution in [3.63, 3.8) is 0 Å². The zero-order valence-corrected chi connectivity index (χ0v) is 47.9. The first-order valence-electron chi connectivity index (χ1n) is 30.7. The number of amides is 1. The molecule has 1 saturated heterocycles. The molecule has 75 heavy (non-hydrogen) atoms. The van der Waals surface area contributed by atoms with E-state index in [0.29, 0.717) is 12.8 Å². The largest absolute Gasteiger partial charge is 0.454 e. The van der Waals surface area contributed by atoms with E-state index in [1.165, 1.54) is 122 Å². The van der Waals surface area contributed by atoms with Crippen LogP contribution in [0.15, 0.2) is 72.9 Å². The summed E-state index contributed by atoms with van der Waals surface area (Å²) in [5.74, 6) is -1.23. The minimum absolute atomic E-state index is 0.0835. The number of carbonyl (C=O) groups excluding carboxylic acids is 2. The van der Waals surface area contributed by atoms with Crippen molar-refractivity contribution in [2.45, 2.75) is 307 Å². The molecule has 0 aliphatic carbocycles. The molecule has 1 aliphatic heterocycles. The molecule has 8 atom stereocenters. The van der Waals surface area contributed by atoms with Crippen molar-refractivity contribution in [1.29, 1.82) is 0 Å². The Hall–Kier alpha value is -2.90. The highest BCUT2D eigenvalue weighted by Crippen LogP contribution is 2.26. The van der Waals surface area contributed by atoms with Crippen LogP contribution in [0.1, 0.15) is 258 Å². The Labute approximate surface area is 458 Å². The first-order chi connectivity index (χ1) is 36.7. The van der Waals surface area contributed by atoms with Gasteiger partial charge < -0.3 is 45.1 Å². The van der Waals surface area contributed by atoms with Gasteiger partial charge in [0.1, 0.15) is 24.4 Å². The summed E-state index contributed by atoms with van der Waals surface area (Å²) in [6.07, 6.45) is 55.1. The van der Waals surface area contributed by atoms with Crippen LogP contribution in [0.5, 0.6) is 0 Å². The minimum Gasteiger partial charge on any atom is -0.454 e. The lowest BCUT2D eigenvalue weighted by atomic mass is 9.99. The SMILES string of the molecule is CCCCC/C=C\C/C=C\C/C=C\C/C=C\CCCCCC(=O)OC1C(OCC(NC(=O)C(O)CCCCCCCC/C=C/CCCCCCCC)C(O)/C=C/CCCCCCCCCCC)OC(CO)C(O)C1O. The molecule has 1 fully saturated rings. The summed E-state index contributed by atoms with van der Waals surface area (Å²) in [5, 5.41) is 56.9. The number of nitrogens with one attached hydrogen (secondary N) is 1. The van der Waals surface area contributed by atoms with Gasteiger partial charge in [0.25, 0.3) is 0 Å². The number of aliphatic hydroxyl groups excluding tert-OH is 5. The van der Waals surface area contributed by atoms with E-state index in [-0.39, 0.29) is 19.4 Å². The molecule has 8 unspecified atom stereocenters. The van der Waals surface area contributed by atoms with Gasteiger partial charge >= 0.3 is 5.97 Å². The van der Waals surface area contributed by atoms with Gasteiger partial charge in [-0.1, -0.05) is 229 Å². The molecule has 1 rings (SSSR count). The lowest BCUT2D eigenvalue weighted by molar-refractivity contribution is -0.305. The number of esters is 1. The van der Waals surface area contributed by atoms with Gasteiger partial charge in [-0.15, -0.1) is 0 Å². The average molecular weight is 1060 g/mol. The lowest BCUT2D eigenvalue weighted by Gasteiger charge is -2.41. The molecule has 0 saturated carbocycles. The Morgan fingerprint density at radius 1 is 0.520 bits per heavy atom. The maximum Gasteiger partial charge on any atom is 0.306 e. The standard InChI is InChI=1S/C64H113NO10/c1-4-7-10-13-16-19-22-24-26-28-29-30-32-34-37-40-43-46-49-52-59(69)75-62-61(71)60(70)58(53-66)74-64(62)73-54-55(56(67)50-47-44-41-38-35-21-18-15-12-9-6-3)65-63(72)57(68)51-48-45-42-39-36-33-31-27-25-23-20-17-14-11-8-5-2/h16,19,24-27,29-30,34,37,47,50,55-58,60-62,64,66-68,70-71H,4-15,17-18,20-23,28,31-33,35-36,38-46,48-49,51-54H2,1-3H3,(H,65,72)/b19-16-,26-24-,27-25+,30-29-,37-34-,50-47+. The van der Waals surface area contributed by atoms with Gasteiger partial charge in [0, 0.05) is 6.42 Å². The molecule has 0 aromatic rings. The smallest absolute Gasteiger partial charge is 0.306 e. The van der Waals surface area contributed by atoms with Gasteiger partial charge in [-0.25, -0.2) is 0 Å². The van der Waals surface area contributed by atoms with Gasteiger partial charge in [0.2, 0.25) is 5.91 Å². The number of rotatable bonds is 51. The van der Waals surface area contributed by atoms with Crippen molar-refractivity contribution in [1.82, 2.24) is 5.32 Å². The quantitative estimate of drug-likeness (QED) is 0.0195. The summed E-state index contributed by atoms with van der Waals surface area (Å²) in [4.78, 5) is 26.5. The molecule has 11 heteroatoms. The van der Waals surface area contributed by atoms with Crippen LogP contribution >= 0.6 is 0 Å². The van der Waals surface area contributed by atoms with E-state index in [0.717, 1.165) is 89.9 Å². The predicted octanol–water partition coefficient (Wildman–Crippen LogP) is 14.4. The average Bonchev–Trinajstić information content (AvgIpc) is 3.41. The van der Waals surface area contributed by atoms with E-state index in [9.17, 15) is 35.1 Å². The van der Waals surface area contributed by atoms with Crippen LogP contribution in [0.3, 0.4) is 0 Å². The van der Waals surface area contributed by atoms with E-state index in [2.05, 4.69) is 86.8 Å². The van der Waals surface area contributed by atoms with Gasteiger partial charge in [-0.05, 0) is 96.3 Å². The number of hydrogen-bond donors (Lipinski definition) is 6. The van der Waals surface area contributed by atoms with Gasteiger partial charge in [-0.2, -0.15) is 0 Å². The van der Waals surface area contributed by atoms with Crippen molar-refractivity contribution in [3.8, 4) is 0 Å². The van der Waals surface area contributed by atoms with Gasteiger partial charge in [-0.3, -0.25) is 9.59 Å². The summed E-state index contributed by atoms with van der Waals surface area (Å²) in [6.45, 7) is 5.73. The Kier molecular flexibility index (Phi) is 48.5. The highest BCUT2D eigenvalue weighted by molar-refractivity contribution is 5.80. The molecule has 0 aromatic heterocycles. The minimum atomic E-state index is -1.63. The predicted molar refractivity (Wildman–Crippen MR) is 310 cm³/mol. The zero-order valence-electron chi connectivity index (χ0n) is 47.9. The Bertz CT molecular complexity index is 1490. The summed E-state index contributed by atoms with van der Waals surface area (Å²) in [6, 6.07) is -1.03. The Morgan fingerprint density at radius 2 is 0.920 bits per heavy atom. The van der Waals surface area contributed by atoms with Crippen molar-refractivity contribution >= 4 is 11.9 Å². The molecule has 0 bridgehead atoms. The summed E-state index contributed by atoms with van der Waals surface area (Å²) in [7, 11) is 0. The van der Waals surface area contributed by atoms with Gasteiger partial charge in [0.15, 0.2) is 12.4 Å². The number of allylic oxidation sites excluding steroid dienone is 11. The van der Waals surface area contributed by atoms with Crippen molar-refractivity contribution in [2.24, 2.45) is 0 Å². The Morgan fingerprint density at radius 3 is 1.41 bits per heavy atom. The Balaban J connectivity index is 2.70. The van der Waals surface area contributed by atoms with Crippen LogP contribution in [0.4, 0.5) is 0 Å². The number of hydrogen-bond acceptors (Lipinski definition) is 10. The van der Waals surface area contributed by atoms with Crippen LogP contribution in [-0.2, 0) is 23.8 Å². The van der Waals surface area contributed by atoms with Crippen LogP contribution in [-0.4, -0.2) is 99.6 Å². The highest BCUT2D eigenvalue weighted by Gasteiger charge is 2.47. The normalized spacial score (nSPS) is 19.7. The molecule has 1 heterocycles. The fraction of sp³-hybridized carbons (Fsp3) is 0.781. The second kappa shape index (κ2) is 51.8. The molecule has 1 amide bonds. The second-order valence-corrected chi connectivity index (χ2v) is 21.1. The summed E-state index contributed by atoms with van der Waals surface area (Å²) >= 11 is 0. The molecule has 1 aliphatic rings. The maximum absolute atomic E-state index is 13.4. The van der Waals surface area contributed by atoms with Crippen molar-refractivity contribution < 1.29 is 49.3 Å². The third-order valence-corrected chi connectivity index (χ3v) is 14.1. The molecule has 0 spiro atoms. The molecule has 0 radical (unpaired) electrons. The van der Waals surface area contributed by atoms with Gasteiger partial charge in [0.05, 0.1) is 25.4 Å². The first-order valence-corrected chi connectivity index (χ1v) is 30.7. The fourth-order valence-electron chi connectivity index (χ4n) is 9.16. The highest BCUT2D eigenvalue weighted by atomic mass is 16.7. The third-order valence-electron chi connectivity index (χ3n) is 14.1. The molecule has 6 N–H and O–H groups in total. The molecule has 11 nitrogen and oxygen atoms in total. The summed E-state index contributed by atoms with van der Waals surface area (Å²) < 4.78 is 17.6. The van der Waals surface area contributed by atoms with Crippen LogP contribution in [0.2, 0.25) is 0 Å². The fourth-order valence-corrected chi connectivity index (χ4v) is 9.16. The molecular formula is C64H113NO10.